The Morgan fingerprint density at radius 2 is 1.94 bits per heavy atom. The van der Waals surface area contributed by atoms with Gasteiger partial charge in [0.25, 0.3) is 5.56 Å². The summed E-state index contributed by atoms with van der Waals surface area (Å²) in [5.41, 5.74) is -3.64. The van der Waals surface area contributed by atoms with E-state index in [9.17, 15) is 22.8 Å². The van der Waals surface area contributed by atoms with Crippen molar-refractivity contribution < 1.29 is 13.2 Å². The predicted octanol–water partition coefficient (Wildman–Crippen LogP) is 1.57. The lowest BCUT2D eigenvalue weighted by molar-refractivity contribution is -0.139. The molecule has 0 saturated carbocycles. The highest BCUT2D eigenvalue weighted by Crippen LogP contribution is 2.25. The first-order valence-electron chi connectivity index (χ1n) is 4.83. The summed E-state index contributed by atoms with van der Waals surface area (Å²) in [6, 6.07) is 0. The van der Waals surface area contributed by atoms with E-state index in [-0.39, 0.29) is 6.54 Å². The van der Waals surface area contributed by atoms with Crippen molar-refractivity contribution in [2.24, 2.45) is 0 Å². The molecule has 8 heteroatoms. The SMILES string of the molecule is O=c1[nH]c(=O)n(CCCCCl)cc1C(F)(F)F. The first-order chi connectivity index (χ1) is 7.86. The van der Waals surface area contributed by atoms with Gasteiger partial charge in [-0.05, 0) is 12.8 Å². The Balaban J connectivity index is 3.07. The maximum atomic E-state index is 12.4. The van der Waals surface area contributed by atoms with Gasteiger partial charge in [-0.15, -0.1) is 11.6 Å². The van der Waals surface area contributed by atoms with Gasteiger partial charge in [0.2, 0.25) is 0 Å². The fourth-order valence-corrected chi connectivity index (χ4v) is 1.44. The first kappa shape index (κ1) is 13.8. The molecule has 0 unspecified atom stereocenters. The van der Waals surface area contributed by atoms with Crippen LogP contribution in [0.2, 0.25) is 0 Å². The number of unbranched alkanes of at least 4 members (excludes halogenated alkanes) is 1. The quantitative estimate of drug-likeness (QED) is 0.667. The number of hydrogen-bond donors (Lipinski definition) is 1. The highest BCUT2D eigenvalue weighted by atomic mass is 35.5. The van der Waals surface area contributed by atoms with Gasteiger partial charge in [0.05, 0.1) is 0 Å². The zero-order valence-corrected chi connectivity index (χ0v) is 9.44. The van der Waals surface area contributed by atoms with E-state index in [4.69, 9.17) is 11.6 Å². The predicted molar refractivity (Wildman–Crippen MR) is 56.3 cm³/mol. The normalized spacial score (nSPS) is 11.8. The molecule has 0 aliphatic rings. The van der Waals surface area contributed by atoms with E-state index in [0.29, 0.717) is 24.9 Å². The summed E-state index contributed by atoms with van der Waals surface area (Å²) in [6.07, 6.45) is -3.19. The molecule has 96 valence electrons. The molecule has 0 spiro atoms. The Hall–Kier alpha value is -1.24. The second kappa shape index (κ2) is 5.39. The van der Waals surface area contributed by atoms with Crippen LogP contribution in [0.3, 0.4) is 0 Å². The molecule has 1 N–H and O–H groups in total. The fourth-order valence-electron chi connectivity index (χ4n) is 1.25. The summed E-state index contributed by atoms with van der Waals surface area (Å²) in [7, 11) is 0. The third-order valence-corrected chi connectivity index (χ3v) is 2.37. The van der Waals surface area contributed by atoms with Crippen molar-refractivity contribution in [1.29, 1.82) is 0 Å². The van der Waals surface area contributed by atoms with Crippen LogP contribution in [0.25, 0.3) is 0 Å². The van der Waals surface area contributed by atoms with E-state index in [1.54, 1.807) is 4.98 Å². The molecule has 0 atom stereocenters. The van der Waals surface area contributed by atoms with Crippen LogP contribution in [0.4, 0.5) is 13.2 Å². The minimum Gasteiger partial charge on any atom is -0.300 e. The average Bonchev–Trinajstić information content (AvgIpc) is 2.19. The van der Waals surface area contributed by atoms with Gasteiger partial charge in [-0.3, -0.25) is 14.3 Å². The first-order valence-corrected chi connectivity index (χ1v) is 5.36. The van der Waals surface area contributed by atoms with Gasteiger partial charge in [-0.2, -0.15) is 13.2 Å². The Labute approximate surface area is 99.0 Å². The number of nitrogens with one attached hydrogen (secondary N) is 1. The van der Waals surface area contributed by atoms with Gasteiger partial charge < -0.3 is 0 Å². The Bertz CT molecular complexity index is 492. The Kier molecular flexibility index (Phi) is 4.39. The largest absolute Gasteiger partial charge is 0.423 e. The van der Waals surface area contributed by atoms with Crippen LogP contribution in [0, 0.1) is 0 Å². The van der Waals surface area contributed by atoms with Crippen LogP contribution in [-0.4, -0.2) is 15.4 Å². The molecular formula is C9H10ClF3N2O2. The maximum absolute atomic E-state index is 12.4. The second-order valence-corrected chi connectivity index (χ2v) is 3.77. The monoisotopic (exact) mass is 270 g/mol. The number of aromatic amines is 1. The van der Waals surface area contributed by atoms with Crippen LogP contribution < -0.4 is 11.2 Å². The Morgan fingerprint density at radius 1 is 1.29 bits per heavy atom. The smallest absolute Gasteiger partial charge is 0.300 e. The molecule has 1 heterocycles. The number of aromatic nitrogens is 2. The van der Waals surface area contributed by atoms with Crippen molar-refractivity contribution in [2.45, 2.75) is 25.6 Å². The van der Waals surface area contributed by atoms with Crippen LogP contribution in [0.1, 0.15) is 18.4 Å². The van der Waals surface area contributed by atoms with Crippen LogP contribution in [0.5, 0.6) is 0 Å². The molecule has 1 aromatic heterocycles. The van der Waals surface area contributed by atoms with E-state index in [1.165, 1.54) is 0 Å². The van der Waals surface area contributed by atoms with Gasteiger partial charge in [0.1, 0.15) is 5.56 Å². The average molecular weight is 271 g/mol. The van der Waals surface area contributed by atoms with Gasteiger partial charge in [-0.25, -0.2) is 4.79 Å². The van der Waals surface area contributed by atoms with Crippen molar-refractivity contribution in [3.05, 3.63) is 32.6 Å². The molecule has 0 radical (unpaired) electrons. The molecule has 0 fully saturated rings. The van der Waals surface area contributed by atoms with Crippen molar-refractivity contribution in [2.75, 3.05) is 5.88 Å². The molecule has 4 nitrogen and oxygen atoms in total. The number of hydrogen-bond acceptors (Lipinski definition) is 2. The standard InChI is InChI=1S/C9H10ClF3N2O2/c10-3-1-2-4-15-5-6(9(11,12)13)7(16)14-8(15)17/h5H,1-4H2,(H,14,16,17). The number of halogens is 4. The molecule has 0 aliphatic carbocycles. The lowest BCUT2D eigenvalue weighted by Gasteiger charge is -2.09. The number of nitrogens with zero attached hydrogens (tertiary/aromatic N) is 1. The van der Waals surface area contributed by atoms with Gasteiger partial charge in [-0.1, -0.05) is 0 Å². The summed E-state index contributed by atoms with van der Waals surface area (Å²) < 4.78 is 38.0. The fraction of sp³-hybridized carbons (Fsp3) is 0.556. The summed E-state index contributed by atoms with van der Waals surface area (Å²) in [6.45, 7) is 0.0887. The molecule has 0 saturated heterocycles. The minimum atomic E-state index is -4.77. The maximum Gasteiger partial charge on any atom is 0.423 e. The molecule has 1 aromatic rings. The van der Waals surface area contributed by atoms with Crippen molar-refractivity contribution in [1.82, 2.24) is 9.55 Å². The van der Waals surface area contributed by atoms with Gasteiger partial charge >= 0.3 is 11.9 Å². The van der Waals surface area contributed by atoms with Crippen molar-refractivity contribution >= 4 is 11.6 Å². The minimum absolute atomic E-state index is 0.0887. The lowest BCUT2D eigenvalue weighted by atomic mass is 10.3. The van der Waals surface area contributed by atoms with E-state index in [1.807, 2.05) is 0 Å². The number of H-pyrrole nitrogens is 1. The van der Waals surface area contributed by atoms with E-state index < -0.39 is 23.0 Å². The van der Waals surface area contributed by atoms with Crippen molar-refractivity contribution in [3.8, 4) is 0 Å². The summed E-state index contributed by atoms with van der Waals surface area (Å²) in [5.74, 6) is 0.365. The number of alkyl halides is 4. The molecular weight excluding hydrogens is 261 g/mol. The highest BCUT2D eigenvalue weighted by molar-refractivity contribution is 6.17. The van der Waals surface area contributed by atoms with Crippen LogP contribution >= 0.6 is 11.6 Å². The van der Waals surface area contributed by atoms with Crippen molar-refractivity contribution in [3.63, 3.8) is 0 Å². The molecule has 0 amide bonds. The second-order valence-electron chi connectivity index (χ2n) is 3.39. The Morgan fingerprint density at radius 3 is 2.47 bits per heavy atom. The number of rotatable bonds is 4. The molecule has 0 bridgehead atoms. The third kappa shape index (κ3) is 3.62. The van der Waals surface area contributed by atoms with E-state index >= 15 is 0 Å². The highest BCUT2D eigenvalue weighted by Gasteiger charge is 2.34. The van der Waals surface area contributed by atoms with Gasteiger partial charge in [0.15, 0.2) is 0 Å². The molecule has 0 aliphatic heterocycles. The van der Waals surface area contributed by atoms with Gasteiger partial charge in [0, 0.05) is 18.6 Å². The molecule has 1 rings (SSSR count). The van der Waals surface area contributed by atoms with E-state index in [0.717, 1.165) is 4.57 Å². The summed E-state index contributed by atoms with van der Waals surface area (Å²) in [5, 5.41) is 0. The topological polar surface area (TPSA) is 54.9 Å². The van der Waals surface area contributed by atoms with Crippen LogP contribution in [0.15, 0.2) is 15.8 Å². The zero-order valence-electron chi connectivity index (χ0n) is 8.68. The zero-order chi connectivity index (χ0) is 13.1. The number of aryl methyl sites for hydroxylation is 1. The van der Waals surface area contributed by atoms with E-state index in [2.05, 4.69) is 0 Å². The molecule has 17 heavy (non-hydrogen) atoms. The summed E-state index contributed by atoms with van der Waals surface area (Å²) >= 11 is 5.41. The third-order valence-electron chi connectivity index (χ3n) is 2.10. The molecule has 0 aromatic carbocycles. The summed E-state index contributed by atoms with van der Waals surface area (Å²) in [4.78, 5) is 23.8. The lowest BCUT2D eigenvalue weighted by Crippen LogP contribution is -2.34. The van der Waals surface area contributed by atoms with Crippen LogP contribution in [-0.2, 0) is 12.7 Å².